The van der Waals surface area contributed by atoms with E-state index in [4.69, 9.17) is 4.74 Å². The van der Waals surface area contributed by atoms with Crippen molar-refractivity contribution in [1.29, 1.82) is 0 Å². The fourth-order valence-corrected chi connectivity index (χ4v) is 2.74. The summed E-state index contributed by atoms with van der Waals surface area (Å²) in [7, 11) is 0. The number of hydrogen-bond donors (Lipinski definition) is 0. The number of aromatic nitrogens is 4. The summed E-state index contributed by atoms with van der Waals surface area (Å²) in [5.74, 6) is 0.584. The highest BCUT2D eigenvalue weighted by Gasteiger charge is 2.05. The highest BCUT2D eigenvalue weighted by atomic mass is 32.2. The average Bonchev–Trinajstić information content (AvgIpc) is 2.65. The zero-order chi connectivity index (χ0) is 11.4. The van der Waals surface area contributed by atoms with E-state index in [0.717, 1.165) is 14.4 Å². The minimum absolute atomic E-state index is 0.584. The highest BCUT2D eigenvalue weighted by molar-refractivity contribution is 8.01. The standard InChI is InChI=1S/C9H10N4OS2/c1-3-14-7-4-8(11-5-10-7)16-9-13-12-6(2)15-9/h4-5H,3H2,1-2H3. The Balaban J connectivity index is 2.12. The van der Waals surface area contributed by atoms with E-state index in [-0.39, 0.29) is 0 Å². The molecule has 0 aliphatic carbocycles. The Labute approximate surface area is 101 Å². The second-order valence-corrected chi connectivity index (χ2v) is 5.27. The van der Waals surface area contributed by atoms with Gasteiger partial charge >= 0.3 is 0 Å². The van der Waals surface area contributed by atoms with Gasteiger partial charge in [0.15, 0.2) is 4.34 Å². The molecular weight excluding hydrogens is 244 g/mol. The third kappa shape index (κ3) is 2.89. The molecular formula is C9H10N4OS2. The second-order valence-electron chi connectivity index (χ2n) is 2.82. The molecule has 0 N–H and O–H groups in total. The quantitative estimate of drug-likeness (QED) is 0.779. The van der Waals surface area contributed by atoms with Crippen LogP contribution >= 0.6 is 23.1 Å². The van der Waals surface area contributed by atoms with Crippen LogP contribution in [0.4, 0.5) is 0 Å². The number of ether oxygens (including phenoxy) is 1. The van der Waals surface area contributed by atoms with Crippen molar-refractivity contribution >= 4 is 23.1 Å². The van der Waals surface area contributed by atoms with Crippen LogP contribution in [-0.4, -0.2) is 26.8 Å². The van der Waals surface area contributed by atoms with Gasteiger partial charge in [-0.3, -0.25) is 0 Å². The number of aryl methyl sites for hydroxylation is 1. The normalized spacial score (nSPS) is 10.4. The minimum Gasteiger partial charge on any atom is -0.478 e. The summed E-state index contributed by atoms with van der Waals surface area (Å²) in [6, 6.07) is 1.80. The van der Waals surface area contributed by atoms with Crippen LogP contribution in [0.1, 0.15) is 11.9 Å². The summed E-state index contributed by atoms with van der Waals surface area (Å²) in [4.78, 5) is 8.13. The van der Waals surface area contributed by atoms with E-state index in [0.29, 0.717) is 12.5 Å². The largest absolute Gasteiger partial charge is 0.478 e. The van der Waals surface area contributed by atoms with Gasteiger partial charge < -0.3 is 4.74 Å². The lowest BCUT2D eigenvalue weighted by Gasteiger charge is -2.01. The predicted octanol–water partition coefficient (Wildman–Crippen LogP) is 2.19. The molecule has 0 aliphatic heterocycles. The fraction of sp³-hybridized carbons (Fsp3) is 0.333. The van der Waals surface area contributed by atoms with Crippen molar-refractivity contribution in [3.8, 4) is 5.88 Å². The van der Waals surface area contributed by atoms with E-state index in [9.17, 15) is 0 Å². The first-order chi connectivity index (χ1) is 7.78. The van der Waals surface area contributed by atoms with Crippen LogP contribution in [0.15, 0.2) is 21.8 Å². The van der Waals surface area contributed by atoms with Crippen LogP contribution in [0.3, 0.4) is 0 Å². The summed E-state index contributed by atoms with van der Waals surface area (Å²) in [6.45, 7) is 4.44. The maximum atomic E-state index is 5.29. The van der Waals surface area contributed by atoms with Crippen molar-refractivity contribution in [1.82, 2.24) is 20.2 Å². The molecule has 16 heavy (non-hydrogen) atoms. The van der Waals surface area contributed by atoms with E-state index in [1.807, 2.05) is 13.8 Å². The van der Waals surface area contributed by atoms with E-state index < -0.39 is 0 Å². The molecule has 7 heteroatoms. The van der Waals surface area contributed by atoms with Crippen LogP contribution < -0.4 is 4.74 Å². The van der Waals surface area contributed by atoms with Gasteiger partial charge in [-0.25, -0.2) is 9.97 Å². The van der Waals surface area contributed by atoms with Gasteiger partial charge in [0.1, 0.15) is 16.4 Å². The van der Waals surface area contributed by atoms with Crippen molar-refractivity contribution in [2.75, 3.05) is 6.61 Å². The molecule has 2 aromatic heterocycles. The Kier molecular flexibility index (Phi) is 3.68. The smallest absolute Gasteiger partial charge is 0.217 e. The SMILES string of the molecule is CCOc1cc(Sc2nnc(C)s2)ncn1. The van der Waals surface area contributed by atoms with E-state index >= 15 is 0 Å². The summed E-state index contributed by atoms with van der Waals surface area (Å²) >= 11 is 3.00. The molecule has 0 radical (unpaired) electrons. The van der Waals surface area contributed by atoms with Crippen LogP contribution in [0.25, 0.3) is 0 Å². The molecule has 0 fully saturated rings. The zero-order valence-electron chi connectivity index (χ0n) is 8.88. The molecule has 0 amide bonds. The summed E-state index contributed by atoms with van der Waals surface area (Å²) in [5, 5.41) is 9.72. The Hall–Kier alpha value is -1.21. The molecule has 0 spiro atoms. The molecule has 5 nitrogen and oxygen atoms in total. The monoisotopic (exact) mass is 254 g/mol. The lowest BCUT2D eigenvalue weighted by atomic mass is 10.6. The van der Waals surface area contributed by atoms with E-state index in [2.05, 4.69) is 20.2 Å². The van der Waals surface area contributed by atoms with Crippen molar-refractivity contribution in [2.45, 2.75) is 23.2 Å². The molecule has 2 aromatic rings. The molecule has 84 valence electrons. The van der Waals surface area contributed by atoms with Crippen LogP contribution in [0.5, 0.6) is 5.88 Å². The topological polar surface area (TPSA) is 60.8 Å². The number of hydrogen-bond acceptors (Lipinski definition) is 7. The number of rotatable bonds is 4. The van der Waals surface area contributed by atoms with Crippen LogP contribution in [0, 0.1) is 6.92 Å². The average molecular weight is 254 g/mol. The lowest BCUT2D eigenvalue weighted by molar-refractivity contribution is 0.325. The van der Waals surface area contributed by atoms with Crippen molar-refractivity contribution in [3.05, 3.63) is 17.4 Å². The summed E-state index contributed by atoms with van der Waals surface area (Å²) < 4.78 is 6.17. The first kappa shape index (κ1) is 11.3. The molecule has 0 atom stereocenters. The Morgan fingerprint density at radius 1 is 1.38 bits per heavy atom. The molecule has 2 rings (SSSR count). The van der Waals surface area contributed by atoms with Gasteiger partial charge in [0.05, 0.1) is 6.61 Å². The van der Waals surface area contributed by atoms with Gasteiger partial charge in [-0.2, -0.15) is 0 Å². The van der Waals surface area contributed by atoms with E-state index in [1.165, 1.54) is 18.1 Å². The molecule has 0 bridgehead atoms. The third-order valence-corrected chi connectivity index (χ3v) is 3.43. The molecule has 2 heterocycles. The Morgan fingerprint density at radius 2 is 2.25 bits per heavy atom. The first-order valence-electron chi connectivity index (χ1n) is 4.70. The van der Waals surface area contributed by atoms with Gasteiger partial charge in [-0.15, -0.1) is 10.2 Å². The van der Waals surface area contributed by atoms with Crippen molar-refractivity contribution in [3.63, 3.8) is 0 Å². The Morgan fingerprint density at radius 3 is 2.94 bits per heavy atom. The summed E-state index contributed by atoms with van der Waals surface area (Å²) in [6.07, 6.45) is 1.49. The molecule has 0 aromatic carbocycles. The third-order valence-electron chi connectivity index (χ3n) is 1.61. The first-order valence-corrected chi connectivity index (χ1v) is 6.34. The van der Waals surface area contributed by atoms with Crippen molar-refractivity contribution < 1.29 is 4.74 Å². The van der Waals surface area contributed by atoms with Gasteiger partial charge in [0.25, 0.3) is 0 Å². The Bertz CT molecular complexity index is 474. The van der Waals surface area contributed by atoms with Crippen molar-refractivity contribution in [2.24, 2.45) is 0 Å². The van der Waals surface area contributed by atoms with Gasteiger partial charge in [-0.1, -0.05) is 11.3 Å². The lowest BCUT2D eigenvalue weighted by Crippen LogP contribution is -1.95. The van der Waals surface area contributed by atoms with Crippen LogP contribution in [-0.2, 0) is 0 Å². The van der Waals surface area contributed by atoms with E-state index in [1.54, 1.807) is 17.4 Å². The maximum Gasteiger partial charge on any atom is 0.217 e. The van der Waals surface area contributed by atoms with Crippen LogP contribution in [0.2, 0.25) is 0 Å². The second kappa shape index (κ2) is 5.22. The highest BCUT2D eigenvalue weighted by Crippen LogP contribution is 2.29. The molecule has 0 unspecified atom stereocenters. The predicted molar refractivity (Wildman–Crippen MR) is 62.0 cm³/mol. The van der Waals surface area contributed by atoms with Gasteiger partial charge in [0, 0.05) is 6.07 Å². The maximum absolute atomic E-state index is 5.29. The molecule has 0 saturated heterocycles. The number of nitrogens with zero attached hydrogens (tertiary/aromatic N) is 4. The summed E-state index contributed by atoms with van der Waals surface area (Å²) in [5.41, 5.74) is 0. The molecule has 0 saturated carbocycles. The zero-order valence-corrected chi connectivity index (χ0v) is 10.5. The fourth-order valence-electron chi connectivity index (χ4n) is 1.01. The van der Waals surface area contributed by atoms with Gasteiger partial charge in [0.2, 0.25) is 5.88 Å². The van der Waals surface area contributed by atoms with Gasteiger partial charge in [-0.05, 0) is 25.6 Å². The molecule has 0 aliphatic rings. The minimum atomic E-state index is 0.584.